The van der Waals surface area contributed by atoms with Gasteiger partial charge in [0.25, 0.3) is 5.91 Å². The first-order valence-corrected chi connectivity index (χ1v) is 9.79. The van der Waals surface area contributed by atoms with Crippen molar-refractivity contribution in [2.45, 2.75) is 31.8 Å². The van der Waals surface area contributed by atoms with Gasteiger partial charge in [0, 0.05) is 18.8 Å². The highest BCUT2D eigenvalue weighted by atomic mass is 16.7. The van der Waals surface area contributed by atoms with Crippen LogP contribution in [0.5, 0.6) is 5.75 Å². The Bertz CT molecular complexity index is 921. The van der Waals surface area contributed by atoms with Crippen molar-refractivity contribution >= 4 is 18.0 Å². The summed E-state index contributed by atoms with van der Waals surface area (Å²) in [4.78, 5) is 51.3. The number of ether oxygens (including phenoxy) is 4. The molecule has 2 aliphatic heterocycles. The number of carbonyl (C=O) groups is 3. The van der Waals surface area contributed by atoms with Crippen molar-refractivity contribution in [2.75, 3.05) is 38.9 Å². The van der Waals surface area contributed by atoms with Gasteiger partial charge in [0.1, 0.15) is 18.2 Å². The SMILES string of the molecule is COC(=O)C1(COC(=O)Oc2c3n(ccc2=O)N[C@@H]2COCCN2C3=O)CCCC1. The molecule has 0 bridgehead atoms. The fourth-order valence-corrected chi connectivity index (χ4v) is 4.16. The van der Waals surface area contributed by atoms with E-state index in [1.165, 1.54) is 28.9 Å². The lowest BCUT2D eigenvalue weighted by Gasteiger charge is -2.41. The van der Waals surface area contributed by atoms with Gasteiger partial charge in [-0.15, -0.1) is 0 Å². The highest BCUT2D eigenvalue weighted by Crippen LogP contribution is 2.39. The molecule has 0 radical (unpaired) electrons. The summed E-state index contributed by atoms with van der Waals surface area (Å²) in [5, 5.41) is 0. The second kappa shape index (κ2) is 7.98. The molecule has 0 aromatic carbocycles. The Morgan fingerprint density at radius 3 is 2.80 bits per heavy atom. The van der Waals surface area contributed by atoms with Gasteiger partial charge in [-0.05, 0) is 12.8 Å². The van der Waals surface area contributed by atoms with Crippen molar-refractivity contribution < 1.29 is 33.3 Å². The summed E-state index contributed by atoms with van der Waals surface area (Å²) in [7, 11) is 1.29. The standard InChI is InChI=1S/C19H23N3O8/c1-27-17(25)19(5-2-3-6-19)11-29-18(26)30-15-12(23)4-7-22-14(15)16(24)21-8-9-28-10-13(21)20-22/h4,7,13,20H,2-3,5-6,8-11H2,1H3/t13-/m0/s1. The zero-order valence-electron chi connectivity index (χ0n) is 16.5. The topological polar surface area (TPSA) is 125 Å². The largest absolute Gasteiger partial charge is 0.514 e. The molecule has 11 nitrogen and oxygen atoms in total. The fraction of sp³-hybridized carbons (Fsp3) is 0.579. The number of methoxy groups -OCH3 is 1. The number of nitrogens with zero attached hydrogens (tertiary/aromatic N) is 2. The number of pyridine rings is 1. The molecule has 162 valence electrons. The quantitative estimate of drug-likeness (QED) is 0.690. The van der Waals surface area contributed by atoms with E-state index in [0.717, 1.165) is 12.8 Å². The Morgan fingerprint density at radius 1 is 1.30 bits per heavy atom. The number of hydrogen-bond donors (Lipinski definition) is 1. The van der Waals surface area contributed by atoms with Gasteiger partial charge in [-0.25, -0.2) is 4.79 Å². The molecule has 1 N–H and O–H groups in total. The number of esters is 1. The highest BCUT2D eigenvalue weighted by molar-refractivity contribution is 5.97. The molecule has 1 saturated carbocycles. The summed E-state index contributed by atoms with van der Waals surface area (Å²) in [6.07, 6.45) is 2.57. The summed E-state index contributed by atoms with van der Waals surface area (Å²) in [6.45, 7) is 0.789. The third kappa shape index (κ3) is 3.49. The summed E-state index contributed by atoms with van der Waals surface area (Å²) in [5.74, 6) is -1.32. The molecule has 11 heteroatoms. The van der Waals surface area contributed by atoms with Crippen molar-refractivity contribution in [2.24, 2.45) is 5.41 Å². The Balaban J connectivity index is 1.52. The molecule has 4 rings (SSSR count). The molecule has 1 aromatic rings. The summed E-state index contributed by atoms with van der Waals surface area (Å²) in [6, 6.07) is 1.18. The molecule has 1 amide bonds. The lowest BCUT2D eigenvalue weighted by Crippen LogP contribution is -2.59. The van der Waals surface area contributed by atoms with E-state index in [1.807, 2.05) is 0 Å². The van der Waals surface area contributed by atoms with E-state index < -0.39 is 34.6 Å². The second-order valence-electron chi connectivity index (χ2n) is 7.57. The lowest BCUT2D eigenvalue weighted by molar-refractivity contribution is -0.155. The molecule has 2 fully saturated rings. The van der Waals surface area contributed by atoms with Crippen LogP contribution in [0.3, 0.4) is 0 Å². The van der Waals surface area contributed by atoms with Gasteiger partial charge in [-0.3, -0.25) is 19.1 Å². The number of nitrogens with one attached hydrogen (secondary N) is 1. The number of carbonyl (C=O) groups excluding carboxylic acids is 3. The van der Waals surface area contributed by atoms with E-state index in [-0.39, 0.29) is 18.5 Å². The minimum Gasteiger partial charge on any atom is -0.468 e. The first-order chi connectivity index (χ1) is 14.4. The molecule has 1 aliphatic carbocycles. The van der Waals surface area contributed by atoms with E-state index in [2.05, 4.69) is 5.43 Å². The number of hydrogen-bond acceptors (Lipinski definition) is 9. The molecule has 1 saturated heterocycles. The smallest absolute Gasteiger partial charge is 0.468 e. The van der Waals surface area contributed by atoms with Crippen LogP contribution < -0.4 is 15.6 Å². The Hall–Kier alpha value is -3.08. The summed E-state index contributed by atoms with van der Waals surface area (Å²) in [5.41, 5.74) is 1.40. The van der Waals surface area contributed by atoms with Crippen molar-refractivity contribution in [1.82, 2.24) is 9.58 Å². The lowest BCUT2D eigenvalue weighted by atomic mass is 9.87. The van der Waals surface area contributed by atoms with E-state index in [9.17, 15) is 19.2 Å². The van der Waals surface area contributed by atoms with Gasteiger partial charge >= 0.3 is 12.1 Å². The van der Waals surface area contributed by atoms with Crippen molar-refractivity contribution in [3.8, 4) is 5.75 Å². The fourth-order valence-electron chi connectivity index (χ4n) is 4.16. The molecule has 30 heavy (non-hydrogen) atoms. The van der Waals surface area contributed by atoms with Crippen LogP contribution >= 0.6 is 0 Å². The zero-order valence-corrected chi connectivity index (χ0v) is 16.5. The Labute approximate surface area is 171 Å². The van der Waals surface area contributed by atoms with Crippen LogP contribution in [0.25, 0.3) is 0 Å². The van der Waals surface area contributed by atoms with Gasteiger partial charge in [-0.2, -0.15) is 0 Å². The van der Waals surface area contributed by atoms with Crippen molar-refractivity contribution in [3.63, 3.8) is 0 Å². The van der Waals surface area contributed by atoms with Gasteiger partial charge in [0.2, 0.25) is 11.2 Å². The maximum absolute atomic E-state index is 12.9. The first kappa shape index (κ1) is 20.2. The average Bonchev–Trinajstić information content (AvgIpc) is 3.24. The number of amides is 1. The Morgan fingerprint density at radius 2 is 2.07 bits per heavy atom. The predicted octanol–water partition coefficient (Wildman–Crippen LogP) is 0.453. The second-order valence-corrected chi connectivity index (χ2v) is 7.57. The van der Waals surface area contributed by atoms with Crippen LogP contribution in [-0.2, 0) is 19.0 Å². The van der Waals surface area contributed by atoms with Gasteiger partial charge < -0.3 is 29.3 Å². The first-order valence-electron chi connectivity index (χ1n) is 9.79. The molecule has 3 aliphatic rings. The van der Waals surface area contributed by atoms with Crippen molar-refractivity contribution in [1.29, 1.82) is 0 Å². The normalized spacial score (nSPS) is 21.8. The number of rotatable bonds is 4. The third-order valence-corrected chi connectivity index (χ3v) is 5.77. The summed E-state index contributed by atoms with van der Waals surface area (Å²) >= 11 is 0. The third-order valence-electron chi connectivity index (χ3n) is 5.77. The molecule has 1 atom stereocenters. The monoisotopic (exact) mass is 421 g/mol. The van der Waals surface area contributed by atoms with Crippen LogP contribution in [0.1, 0.15) is 36.2 Å². The van der Waals surface area contributed by atoms with Gasteiger partial charge in [0.15, 0.2) is 5.69 Å². The molecular formula is C19H23N3O8. The minimum absolute atomic E-state index is 0.0962. The van der Waals surface area contributed by atoms with Gasteiger partial charge in [0.05, 0.1) is 20.3 Å². The molecule has 0 unspecified atom stereocenters. The van der Waals surface area contributed by atoms with Crippen LogP contribution in [0.15, 0.2) is 17.1 Å². The zero-order chi connectivity index (χ0) is 21.3. The van der Waals surface area contributed by atoms with Crippen LogP contribution in [-0.4, -0.2) is 67.2 Å². The maximum Gasteiger partial charge on any atom is 0.514 e. The Kier molecular flexibility index (Phi) is 5.37. The van der Waals surface area contributed by atoms with Crippen molar-refractivity contribution in [3.05, 3.63) is 28.2 Å². The van der Waals surface area contributed by atoms with Gasteiger partial charge in [-0.1, -0.05) is 12.8 Å². The summed E-state index contributed by atoms with van der Waals surface area (Å²) < 4.78 is 21.9. The minimum atomic E-state index is -1.16. The molecule has 3 heterocycles. The van der Waals surface area contributed by atoms with Crippen LogP contribution in [0.4, 0.5) is 4.79 Å². The predicted molar refractivity (Wildman–Crippen MR) is 101 cm³/mol. The number of fused-ring (bicyclic) bond motifs is 2. The highest BCUT2D eigenvalue weighted by Gasteiger charge is 2.44. The molecule has 1 aromatic heterocycles. The van der Waals surface area contributed by atoms with E-state index in [1.54, 1.807) is 0 Å². The van der Waals surface area contributed by atoms with E-state index in [4.69, 9.17) is 18.9 Å². The maximum atomic E-state index is 12.9. The van der Waals surface area contributed by atoms with Crippen LogP contribution in [0, 0.1) is 5.41 Å². The van der Waals surface area contributed by atoms with Crippen LogP contribution in [0.2, 0.25) is 0 Å². The molecular weight excluding hydrogens is 398 g/mol. The van der Waals surface area contributed by atoms with E-state index >= 15 is 0 Å². The molecule has 0 spiro atoms. The number of aromatic nitrogens is 1. The average molecular weight is 421 g/mol. The van der Waals surface area contributed by atoms with E-state index in [0.29, 0.717) is 32.6 Å². The number of morpholine rings is 1.